The molecule has 1 aromatic heterocycles. The van der Waals surface area contributed by atoms with Crippen molar-refractivity contribution in [3.05, 3.63) is 27.9 Å². The minimum atomic E-state index is -0.130. The van der Waals surface area contributed by atoms with Gasteiger partial charge in [0.05, 0.1) is 5.69 Å². The normalized spacial score (nSPS) is 20.0. The Kier molecular flexibility index (Phi) is 3.26. The number of likely N-dealkylation sites (N-methyl/N-ethyl adjacent to an activating group) is 1. The Hall–Kier alpha value is -1.65. The molecule has 0 unspecified atom stereocenters. The third kappa shape index (κ3) is 2.38. The van der Waals surface area contributed by atoms with E-state index >= 15 is 0 Å². The molecule has 1 aromatic rings. The lowest BCUT2D eigenvalue weighted by Crippen LogP contribution is -2.24. The van der Waals surface area contributed by atoms with E-state index in [1.54, 1.807) is 4.90 Å². The van der Waals surface area contributed by atoms with Crippen LogP contribution in [0.5, 0.6) is 0 Å². The van der Waals surface area contributed by atoms with Crippen LogP contribution >= 0.6 is 0 Å². The van der Waals surface area contributed by atoms with Gasteiger partial charge in [-0.2, -0.15) is 0 Å². The number of hydrogen-bond acceptors (Lipinski definition) is 3. The van der Waals surface area contributed by atoms with Crippen molar-refractivity contribution >= 4 is 5.91 Å². The monoisotopic (exact) mass is 235 g/mol. The Balaban J connectivity index is 2.27. The molecule has 0 radical (unpaired) electrons. The summed E-state index contributed by atoms with van der Waals surface area (Å²) in [5, 5.41) is 0. The zero-order chi connectivity index (χ0) is 12.4. The number of rotatable bonds is 3. The summed E-state index contributed by atoms with van der Waals surface area (Å²) >= 11 is 0. The first kappa shape index (κ1) is 11.8. The number of carbonyl (C=O) groups excluding carboxylic acids is 1. The van der Waals surface area contributed by atoms with Crippen LogP contribution < -0.4 is 5.56 Å². The van der Waals surface area contributed by atoms with E-state index in [0.29, 0.717) is 25.2 Å². The lowest BCUT2D eigenvalue weighted by Gasteiger charge is -2.13. The molecule has 1 aliphatic rings. The second-order valence-corrected chi connectivity index (χ2v) is 4.30. The topological polar surface area (TPSA) is 66.1 Å². The lowest BCUT2D eigenvalue weighted by molar-refractivity contribution is -0.127. The van der Waals surface area contributed by atoms with Crippen LogP contribution in [0, 0.1) is 0 Å². The van der Waals surface area contributed by atoms with Crippen molar-refractivity contribution in [2.24, 2.45) is 0 Å². The molecule has 2 rings (SSSR count). The summed E-state index contributed by atoms with van der Waals surface area (Å²) in [6.07, 6.45) is 1.16. The van der Waals surface area contributed by atoms with Gasteiger partial charge < -0.3 is 9.88 Å². The summed E-state index contributed by atoms with van der Waals surface area (Å²) in [6.45, 7) is 5.30. The van der Waals surface area contributed by atoms with Crippen LogP contribution in [0.2, 0.25) is 0 Å². The number of nitrogens with zero attached hydrogens (tertiary/aromatic N) is 2. The fraction of sp³-hybridized carbons (Fsp3) is 0.583. The van der Waals surface area contributed by atoms with Gasteiger partial charge in [-0.25, -0.2) is 4.98 Å². The van der Waals surface area contributed by atoms with Crippen LogP contribution in [-0.4, -0.2) is 33.9 Å². The summed E-state index contributed by atoms with van der Waals surface area (Å²) < 4.78 is 0. The van der Waals surface area contributed by atoms with Crippen LogP contribution in [0.15, 0.2) is 10.9 Å². The summed E-state index contributed by atoms with van der Waals surface area (Å²) in [6, 6.07) is 1.51. The van der Waals surface area contributed by atoms with Gasteiger partial charge >= 0.3 is 0 Å². The van der Waals surface area contributed by atoms with Crippen molar-refractivity contribution in [3.63, 3.8) is 0 Å². The summed E-state index contributed by atoms with van der Waals surface area (Å²) in [4.78, 5) is 32.0. The minimum absolute atomic E-state index is 0.0649. The molecule has 1 N–H and O–H groups in total. The van der Waals surface area contributed by atoms with Crippen molar-refractivity contribution in [2.45, 2.75) is 32.6 Å². The number of nitrogens with one attached hydrogen (secondary N) is 1. The third-order valence-corrected chi connectivity index (χ3v) is 3.16. The molecule has 0 aromatic carbocycles. The van der Waals surface area contributed by atoms with Gasteiger partial charge in [0.1, 0.15) is 5.82 Å². The molecule has 1 saturated heterocycles. The van der Waals surface area contributed by atoms with Gasteiger partial charge in [-0.3, -0.25) is 9.59 Å². The highest BCUT2D eigenvalue weighted by Gasteiger charge is 2.30. The second kappa shape index (κ2) is 4.69. The molecule has 0 aliphatic carbocycles. The lowest BCUT2D eigenvalue weighted by atomic mass is 10.0. The number of carbonyl (C=O) groups is 1. The van der Waals surface area contributed by atoms with E-state index in [9.17, 15) is 9.59 Å². The van der Waals surface area contributed by atoms with Gasteiger partial charge in [-0.05, 0) is 6.92 Å². The molecular weight excluding hydrogens is 218 g/mol. The molecule has 92 valence electrons. The fourth-order valence-corrected chi connectivity index (χ4v) is 2.18. The number of aromatic amines is 1. The Labute approximate surface area is 99.9 Å². The molecular formula is C12H17N3O2. The van der Waals surface area contributed by atoms with E-state index in [4.69, 9.17) is 0 Å². The van der Waals surface area contributed by atoms with E-state index in [1.807, 2.05) is 13.8 Å². The molecule has 0 spiro atoms. The molecule has 1 amide bonds. The van der Waals surface area contributed by atoms with Crippen LogP contribution in [0.4, 0.5) is 0 Å². The van der Waals surface area contributed by atoms with E-state index in [2.05, 4.69) is 9.97 Å². The van der Waals surface area contributed by atoms with E-state index in [0.717, 1.165) is 12.2 Å². The third-order valence-electron chi connectivity index (χ3n) is 3.16. The highest BCUT2D eigenvalue weighted by molar-refractivity contribution is 5.79. The van der Waals surface area contributed by atoms with Crippen molar-refractivity contribution in [1.82, 2.24) is 14.9 Å². The highest BCUT2D eigenvalue weighted by atomic mass is 16.2. The maximum absolute atomic E-state index is 11.6. The van der Waals surface area contributed by atoms with Crippen LogP contribution in [0.1, 0.15) is 37.7 Å². The molecule has 2 heterocycles. The number of likely N-dealkylation sites (tertiary alicyclic amines) is 1. The Bertz CT molecular complexity index is 481. The largest absolute Gasteiger partial charge is 0.342 e. The number of aryl methyl sites for hydroxylation is 1. The predicted octanol–water partition coefficient (Wildman–Crippen LogP) is 0.668. The number of H-pyrrole nitrogens is 1. The molecule has 0 bridgehead atoms. The number of amides is 1. The summed E-state index contributed by atoms with van der Waals surface area (Å²) in [7, 11) is 0. The number of hydrogen-bond donors (Lipinski definition) is 1. The van der Waals surface area contributed by atoms with Crippen LogP contribution in [-0.2, 0) is 11.2 Å². The first-order valence-electron chi connectivity index (χ1n) is 6.02. The van der Waals surface area contributed by atoms with Gasteiger partial charge in [0.15, 0.2) is 0 Å². The van der Waals surface area contributed by atoms with E-state index in [1.165, 1.54) is 6.07 Å². The van der Waals surface area contributed by atoms with Gasteiger partial charge in [-0.1, -0.05) is 6.92 Å². The Morgan fingerprint density at radius 1 is 1.47 bits per heavy atom. The smallest absolute Gasteiger partial charge is 0.251 e. The van der Waals surface area contributed by atoms with E-state index in [-0.39, 0.29) is 17.4 Å². The minimum Gasteiger partial charge on any atom is -0.342 e. The first-order chi connectivity index (χ1) is 8.13. The average Bonchev–Trinajstić information content (AvgIpc) is 2.69. The molecule has 1 atom stereocenters. The van der Waals surface area contributed by atoms with Crippen LogP contribution in [0.25, 0.3) is 0 Å². The van der Waals surface area contributed by atoms with Crippen LogP contribution in [0.3, 0.4) is 0 Å². The second-order valence-electron chi connectivity index (χ2n) is 4.30. The molecule has 5 heteroatoms. The SMILES string of the molecule is CCc1nc([C@H]2CC(=O)N(CC)C2)cc(=O)[nH]1. The van der Waals surface area contributed by atoms with Crippen molar-refractivity contribution in [3.8, 4) is 0 Å². The first-order valence-corrected chi connectivity index (χ1v) is 6.02. The zero-order valence-electron chi connectivity index (χ0n) is 10.2. The van der Waals surface area contributed by atoms with Gasteiger partial charge in [0.25, 0.3) is 5.56 Å². The average molecular weight is 235 g/mol. The predicted molar refractivity (Wildman–Crippen MR) is 63.8 cm³/mol. The Morgan fingerprint density at radius 3 is 2.82 bits per heavy atom. The van der Waals surface area contributed by atoms with E-state index < -0.39 is 0 Å². The standard InChI is InChI=1S/C12H17N3O2/c1-3-10-13-9(6-11(16)14-10)8-5-12(17)15(4-2)7-8/h6,8H,3-5,7H2,1-2H3,(H,13,14,16)/t8-/m0/s1. The Morgan fingerprint density at radius 2 is 2.24 bits per heavy atom. The van der Waals surface area contributed by atoms with Crippen molar-refractivity contribution in [2.75, 3.05) is 13.1 Å². The molecule has 5 nitrogen and oxygen atoms in total. The molecule has 17 heavy (non-hydrogen) atoms. The van der Waals surface area contributed by atoms with Gasteiger partial charge in [0.2, 0.25) is 5.91 Å². The summed E-state index contributed by atoms with van der Waals surface area (Å²) in [5.74, 6) is 0.905. The van der Waals surface area contributed by atoms with Gasteiger partial charge in [0, 0.05) is 37.9 Å². The fourth-order valence-electron chi connectivity index (χ4n) is 2.18. The molecule has 1 aliphatic heterocycles. The zero-order valence-corrected chi connectivity index (χ0v) is 10.2. The quantitative estimate of drug-likeness (QED) is 0.837. The van der Waals surface area contributed by atoms with Gasteiger partial charge in [-0.15, -0.1) is 0 Å². The molecule has 0 saturated carbocycles. The van der Waals surface area contributed by atoms with Crippen molar-refractivity contribution < 1.29 is 4.79 Å². The maximum Gasteiger partial charge on any atom is 0.251 e. The van der Waals surface area contributed by atoms with Crippen molar-refractivity contribution in [1.29, 1.82) is 0 Å². The maximum atomic E-state index is 11.6. The summed E-state index contributed by atoms with van der Waals surface area (Å²) in [5.41, 5.74) is 0.615. The molecule has 1 fully saturated rings. The number of aromatic nitrogens is 2. The highest BCUT2D eigenvalue weighted by Crippen LogP contribution is 2.25.